The molecule has 0 aliphatic heterocycles. The Balaban J connectivity index is 2.45. The first kappa shape index (κ1) is 12.2. The van der Waals surface area contributed by atoms with Crippen molar-refractivity contribution in [2.45, 2.75) is 26.9 Å². The summed E-state index contributed by atoms with van der Waals surface area (Å²) in [5, 5.41) is 0. The second-order valence-electron chi connectivity index (χ2n) is 4.16. The van der Waals surface area contributed by atoms with Crippen molar-refractivity contribution in [3.63, 3.8) is 0 Å². The van der Waals surface area contributed by atoms with Gasteiger partial charge >= 0.3 is 6.01 Å². The van der Waals surface area contributed by atoms with Gasteiger partial charge in [0.15, 0.2) is 5.82 Å². The minimum atomic E-state index is -0.0156. The van der Waals surface area contributed by atoms with Crippen LogP contribution in [0.1, 0.15) is 19.4 Å². The summed E-state index contributed by atoms with van der Waals surface area (Å²) in [5.74, 6) is 0.643. The molecule has 0 aromatic carbocycles. The van der Waals surface area contributed by atoms with E-state index in [1.54, 1.807) is 12.4 Å². The Hall–Kier alpha value is -2.24. The fraction of sp³-hybridized carbons (Fsp3) is 0.333. The van der Waals surface area contributed by atoms with Crippen molar-refractivity contribution in [2.24, 2.45) is 0 Å². The third kappa shape index (κ3) is 2.71. The largest absolute Gasteiger partial charge is 0.461 e. The van der Waals surface area contributed by atoms with Crippen molar-refractivity contribution in [3.8, 4) is 17.4 Å². The molecule has 2 N–H and O–H groups in total. The molecule has 0 spiro atoms. The lowest BCUT2D eigenvalue weighted by Gasteiger charge is -2.09. The van der Waals surface area contributed by atoms with Crippen LogP contribution >= 0.6 is 0 Å². The van der Waals surface area contributed by atoms with Crippen LogP contribution in [-0.2, 0) is 0 Å². The molecule has 2 aromatic rings. The number of hydrogen-bond donors (Lipinski definition) is 1. The monoisotopic (exact) mass is 245 g/mol. The third-order valence-corrected chi connectivity index (χ3v) is 2.23. The molecule has 2 heterocycles. The van der Waals surface area contributed by atoms with Gasteiger partial charge in [0.25, 0.3) is 0 Å². The highest BCUT2D eigenvalue weighted by Crippen LogP contribution is 2.20. The molecule has 0 aliphatic carbocycles. The Kier molecular flexibility index (Phi) is 3.36. The highest BCUT2D eigenvalue weighted by molar-refractivity contribution is 5.59. The fourth-order valence-corrected chi connectivity index (χ4v) is 1.48. The van der Waals surface area contributed by atoms with Gasteiger partial charge in [0, 0.05) is 18.0 Å². The van der Waals surface area contributed by atoms with Gasteiger partial charge in [-0.15, -0.1) is 0 Å². The van der Waals surface area contributed by atoms with Gasteiger partial charge < -0.3 is 10.5 Å². The van der Waals surface area contributed by atoms with Crippen molar-refractivity contribution in [3.05, 3.63) is 24.0 Å². The Morgan fingerprint density at radius 3 is 2.67 bits per heavy atom. The highest BCUT2D eigenvalue weighted by Gasteiger charge is 2.10. The maximum Gasteiger partial charge on any atom is 0.322 e. The second kappa shape index (κ2) is 4.95. The van der Waals surface area contributed by atoms with Gasteiger partial charge in [0.1, 0.15) is 0 Å². The topological polar surface area (TPSA) is 86.8 Å². The smallest absolute Gasteiger partial charge is 0.322 e. The minimum Gasteiger partial charge on any atom is -0.461 e. The molecule has 0 fully saturated rings. The number of nitrogens with two attached hydrogens (primary N) is 1. The van der Waals surface area contributed by atoms with Crippen LogP contribution in [0.4, 0.5) is 5.95 Å². The summed E-state index contributed by atoms with van der Waals surface area (Å²) < 4.78 is 5.44. The average Bonchev–Trinajstić information content (AvgIpc) is 2.27. The first-order chi connectivity index (χ1) is 8.56. The highest BCUT2D eigenvalue weighted by atomic mass is 16.5. The minimum absolute atomic E-state index is 0.0156. The van der Waals surface area contributed by atoms with Crippen molar-refractivity contribution in [1.82, 2.24) is 19.9 Å². The Labute approximate surface area is 105 Å². The summed E-state index contributed by atoms with van der Waals surface area (Å²) >= 11 is 0. The molecule has 0 amide bonds. The Morgan fingerprint density at radius 1 is 1.22 bits per heavy atom. The lowest BCUT2D eigenvalue weighted by Crippen LogP contribution is -2.11. The number of ether oxygens (including phenoxy) is 1. The summed E-state index contributed by atoms with van der Waals surface area (Å²) in [6.45, 7) is 5.74. The molecule has 0 aliphatic rings. The second-order valence-corrected chi connectivity index (χ2v) is 4.16. The molecule has 18 heavy (non-hydrogen) atoms. The van der Waals surface area contributed by atoms with E-state index in [0.717, 1.165) is 11.1 Å². The van der Waals surface area contributed by atoms with E-state index in [0.29, 0.717) is 5.82 Å². The van der Waals surface area contributed by atoms with E-state index < -0.39 is 0 Å². The number of pyridine rings is 1. The maximum atomic E-state index is 5.66. The molecule has 0 unspecified atom stereocenters. The SMILES string of the molecule is Cc1cnccc1-c1nc(N)nc(OC(C)C)n1. The summed E-state index contributed by atoms with van der Waals surface area (Å²) in [5.41, 5.74) is 7.50. The van der Waals surface area contributed by atoms with Crippen LogP contribution in [0, 0.1) is 6.92 Å². The molecule has 0 saturated heterocycles. The van der Waals surface area contributed by atoms with Crippen molar-refractivity contribution in [1.29, 1.82) is 0 Å². The van der Waals surface area contributed by atoms with Crippen LogP contribution in [0.3, 0.4) is 0 Å². The number of nitrogens with zero attached hydrogens (tertiary/aromatic N) is 4. The first-order valence-electron chi connectivity index (χ1n) is 5.65. The molecular weight excluding hydrogens is 230 g/mol. The number of hydrogen-bond acceptors (Lipinski definition) is 6. The first-order valence-corrected chi connectivity index (χ1v) is 5.65. The van der Waals surface area contributed by atoms with Crippen LogP contribution in [0.15, 0.2) is 18.5 Å². The zero-order chi connectivity index (χ0) is 13.1. The Morgan fingerprint density at radius 2 is 2.00 bits per heavy atom. The van der Waals surface area contributed by atoms with E-state index in [9.17, 15) is 0 Å². The lowest BCUT2D eigenvalue weighted by molar-refractivity contribution is 0.222. The van der Waals surface area contributed by atoms with Gasteiger partial charge in [-0.1, -0.05) is 0 Å². The van der Waals surface area contributed by atoms with Gasteiger partial charge in [-0.05, 0) is 32.4 Å². The summed E-state index contributed by atoms with van der Waals surface area (Å²) in [4.78, 5) is 16.3. The van der Waals surface area contributed by atoms with Crippen LogP contribution < -0.4 is 10.5 Å². The van der Waals surface area contributed by atoms with E-state index in [-0.39, 0.29) is 18.1 Å². The fourth-order valence-electron chi connectivity index (χ4n) is 1.48. The zero-order valence-corrected chi connectivity index (χ0v) is 10.6. The summed E-state index contributed by atoms with van der Waals surface area (Å²) in [6, 6.07) is 2.08. The van der Waals surface area contributed by atoms with Crippen molar-refractivity contribution >= 4 is 5.95 Å². The maximum absolute atomic E-state index is 5.66. The number of aromatic nitrogens is 4. The number of nitrogen functional groups attached to an aromatic ring is 1. The van der Waals surface area contributed by atoms with Gasteiger partial charge in [-0.3, -0.25) is 4.98 Å². The van der Waals surface area contributed by atoms with E-state index in [1.807, 2.05) is 26.8 Å². The molecule has 0 bridgehead atoms. The van der Waals surface area contributed by atoms with Gasteiger partial charge in [0.05, 0.1) is 6.10 Å². The predicted molar refractivity (Wildman–Crippen MR) is 68.0 cm³/mol. The standard InChI is InChI=1S/C12H15N5O/c1-7(2)18-12-16-10(15-11(13)17-12)9-4-5-14-6-8(9)3/h4-7H,1-3H3,(H2,13,15,16,17). The molecular formula is C12H15N5O. The van der Waals surface area contributed by atoms with Crippen molar-refractivity contribution < 1.29 is 4.74 Å². The van der Waals surface area contributed by atoms with Gasteiger partial charge in [0.2, 0.25) is 5.95 Å². The quantitative estimate of drug-likeness (QED) is 0.884. The van der Waals surface area contributed by atoms with E-state index in [4.69, 9.17) is 10.5 Å². The van der Waals surface area contributed by atoms with E-state index in [2.05, 4.69) is 19.9 Å². The molecule has 2 rings (SSSR count). The van der Waals surface area contributed by atoms with Crippen LogP contribution in [0.25, 0.3) is 11.4 Å². The predicted octanol–water partition coefficient (Wildman–Crippen LogP) is 1.61. The normalized spacial score (nSPS) is 10.7. The van der Waals surface area contributed by atoms with Crippen LogP contribution in [0.2, 0.25) is 0 Å². The van der Waals surface area contributed by atoms with Crippen molar-refractivity contribution in [2.75, 3.05) is 5.73 Å². The zero-order valence-electron chi connectivity index (χ0n) is 10.6. The van der Waals surface area contributed by atoms with Crippen LogP contribution in [0.5, 0.6) is 6.01 Å². The molecule has 94 valence electrons. The summed E-state index contributed by atoms with van der Waals surface area (Å²) in [7, 11) is 0. The molecule has 6 heteroatoms. The molecule has 6 nitrogen and oxygen atoms in total. The lowest BCUT2D eigenvalue weighted by atomic mass is 10.1. The number of aryl methyl sites for hydroxylation is 1. The third-order valence-electron chi connectivity index (χ3n) is 2.23. The van der Waals surface area contributed by atoms with Gasteiger partial charge in [-0.25, -0.2) is 0 Å². The molecule has 0 saturated carbocycles. The number of anilines is 1. The molecule has 2 aromatic heterocycles. The number of rotatable bonds is 3. The van der Waals surface area contributed by atoms with E-state index in [1.165, 1.54) is 0 Å². The Bertz CT molecular complexity index is 556. The molecule has 0 radical (unpaired) electrons. The van der Waals surface area contributed by atoms with E-state index >= 15 is 0 Å². The average molecular weight is 245 g/mol. The summed E-state index contributed by atoms with van der Waals surface area (Å²) in [6.07, 6.45) is 3.42. The van der Waals surface area contributed by atoms with Crippen LogP contribution in [-0.4, -0.2) is 26.0 Å². The van der Waals surface area contributed by atoms with Gasteiger partial charge in [-0.2, -0.15) is 15.0 Å². The molecule has 0 atom stereocenters.